The van der Waals surface area contributed by atoms with Crippen molar-refractivity contribution in [2.45, 2.75) is 32.9 Å². The van der Waals surface area contributed by atoms with E-state index in [4.69, 9.17) is 0 Å². The first-order valence-corrected chi connectivity index (χ1v) is 10.4. The van der Waals surface area contributed by atoms with E-state index in [2.05, 4.69) is 69.2 Å². The highest BCUT2D eigenvalue weighted by molar-refractivity contribution is 14.0. The molecule has 0 aliphatic carbocycles. The number of hydrogen-bond acceptors (Lipinski definition) is 3. The molecule has 1 aromatic carbocycles. The number of thiophene rings is 1. The van der Waals surface area contributed by atoms with E-state index >= 15 is 0 Å². The topological polar surface area (TPSA) is 39.7 Å². The van der Waals surface area contributed by atoms with Crippen molar-refractivity contribution >= 4 is 41.3 Å². The van der Waals surface area contributed by atoms with Gasteiger partial charge >= 0.3 is 0 Å². The van der Waals surface area contributed by atoms with Crippen LogP contribution in [-0.4, -0.2) is 37.5 Å². The molecule has 2 heterocycles. The van der Waals surface area contributed by atoms with Crippen molar-refractivity contribution in [3.05, 3.63) is 57.8 Å². The minimum Gasteiger partial charge on any atom is -0.356 e. The lowest BCUT2D eigenvalue weighted by atomic mass is 9.97. The van der Waals surface area contributed by atoms with E-state index in [1.165, 1.54) is 41.9 Å². The lowest BCUT2D eigenvalue weighted by molar-refractivity contribution is 0.179. The van der Waals surface area contributed by atoms with Crippen molar-refractivity contribution in [3.8, 4) is 0 Å². The van der Waals surface area contributed by atoms with Gasteiger partial charge in [-0.15, -0.1) is 35.3 Å². The summed E-state index contributed by atoms with van der Waals surface area (Å²) in [5.74, 6) is 1.62. The van der Waals surface area contributed by atoms with E-state index in [9.17, 15) is 0 Å². The van der Waals surface area contributed by atoms with Crippen LogP contribution in [0.25, 0.3) is 0 Å². The third-order valence-electron chi connectivity index (χ3n) is 5.03. The molecule has 27 heavy (non-hydrogen) atoms. The van der Waals surface area contributed by atoms with Gasteiger partial charge in [0.25, 0.3) is 0 Å². The van der Waals surface area contributed by atoms with Crippen molar-refractivity contribution in [1.82, 2.24) is 15.5 Å². The average molecular weight is 498 g/mol. The van der Waals surface area contributed by atoms with Crippen LogP contribution in [0, 0.1) is 12.8 Å². The van der Waals surface area contributed by atoms with Crippen molar-refractivity contribution in [2.75, 3.05) is 26.7 Å². The maximum atomic E-state index is 4.36. The zero-order chi connectivity index (χ0) is 18.2. The third kappa shape index (κ3) is 7.43. The van der Waals surface area contributed by atoms with Crippen LogP contribution in [-0.2, 0) is 13.1 Å². The standard InChI is InChI=1S/C21H30N4S.HI/c1-17-5-7-18(8-6-17)14-23-21(22-2)24-15-19-9-11-25(12-10-19)16-20-4-3-13-26-20;/h3-8,13,19H,9-12,14-16H2,1-2H3,(H2,22,23,24);1H. The first kappa shape index (κ1) is 22.2. The van der Waals surface area contributed by atoms with Gasteiger partial charge in [-0.1, -0.05) is 35.9 Å². The van der Waals surface area contributed by atoms with E-state index in [0.717, 1.165) is 31.5 Å². The van der Waals surface area contributed by atoms with Gasteiger partial charge in [0.05, 0.1) is 0 Å². The van der Waals surface area contributed by atoms with E-state index in [1.807, 2.05) is 18.4 Å². The number of nitrogens with zero attached hydrogens (tertiary/aromatic N) is 2. The number of aryl methyl sites for hydroxylation is 1. The molecule has 4 nitrogen and oxygen atoms in total. The summed E-state index contributed by atoms with van der Waals surface area (Å²) >= 11 is 1.86. The summed E-state index contributed by atoms with van der Waals surface area (Å²) in [4.78, 5) is 8.41. The summed E-state index contributed by atoms with van der Waals surface area (Å²) in [6.07, 6.45) is 2.51. The van der Waals surface area contributed by atoms with E-state index in [0.29, 0.717) is 0 Å². The second-order valence-corrected chi connectivity index (χ2v) is 8.12. The molecule has 0 saturated carbocycles. The molecule has 2 N–H and O–H groups in total. The van der Waals surface area contributed by atoms with Crippen LogP contribution in [0.15, 0.2) is 46.8 Å². The SMILES string of the molecule is CN=C(NCc1ccc(C)cc1)NCC1CCN(Cc2cccs2)CC1.I. The fourth-order valence-electron chi connectivity index (χ4n) is 3.32. The molecule has 6 heteroatoms. The monoisotopic (exact) mass is 498 g/mol. The van der Waals surface area contributed by atoms with Gasteiger partial charge in [-0.3, -0.25) is 9.89 Å². The number of nitrogens with one attached hydrogen (secondary N) is 2. The fourth-order valence-corrected chi connectivity index (χ4v) is 4.07. The quantitative estimate of drug-likeness (QED) is 0.356. The Labute approximate surface area is 184 Å². The zero-order valence-electron chi connectivity index (χ0n) is 16.3. The summed E-state index contributed by atoms with van der Waals surface area (Å²) in [6.45, 7) is 7.42. The van der Waals surface area contributed by atoms with Crippen LogP contribution in [0.5, 0.6) is 0 Å². The van der Waals surface area contributed by atoms with E-state index in [-0.39, 0.29) is 24.0 Å². The molecule has 0 amide bonds. The molecule has 0 unspecified atom stereocenters. The van der Waals surface area contributed by atoms with Gasteiger partial charge in [-0.25, -0.2) is 0 Å². The minimum atomic E-state index is 0. The summed E-state index contributed by atoms with van der Waals surface area (Å²) < 4.78 is 0. The highest BCUT2D eigenvalue weighted by Gasteiger charge is 2.19. The number of guanidine groups is 1. The Kier molecular flexibility index (Phi) is 9.58. The van der Waals surface area contributed by atoms with Crippen molar-refractivity contribution in [3.63, 3.8) is 0 Å². The number of likely N-dealkylation sites (tertiary alicyclic amines) is 1. The Balaban J connectivity index is 0.00000261. The highest BCUT2D eigenvalue weighted by Crippen LogP contribution is 2.20. The van der Waals surface area contributed by atoms with Crippen LogP contribution < -0.4 is 10.6 Å². The van der Waals surface area contributed by atoms with Crippen LogP contribution >= 0.6 is 35.3 Å². The molecule has 0 atom stereocenters. The second kappa shape index (κ2) is 11.7. The third-order valence-corrected chi connectivity index (χ3v) is 5.89. The molecule has 0 bridgehead atoms. The molecule has 0 radical (unpaired) electrons. The first-order chi connectivity index (χ1) is 12.7. The molecule has 2 aromatic rings. The number of benzene rings is 1. The van der Waals surface area contributed by atoms with Crippen LogP contribution in [0.4, 0.5) is 0 Å². The average Bonchev–Trinajstić information content (AvgIpc) is 3.17. The number of hydrogen-bond donors (Lipinski definition) is 2. The van der Waals surface area contributed by atoms with Crippen LogP contribution in [0.2, 0.25) is 0 Å². The molecule has 3 rings (SSSR count). The number of piperidine rings is 1. The molecule has 0 spiro atoms. The summed E-state index contributed by atoms with van der Waals surface area (Å²) in [6, 6.07) is 13.0. The molecule has 1 aliphatic heterocycles. The van der Waals surface area contributed by atoms with Crippen molar-refractivity contribution < 1.29 is 0 Å². The summed E-state index contributed by atoms with van der Waals surface area (Å²) in [7, 11) is 1.84. The molecule has 1 aliphatic rings. The molecule has 1 aromatic heterocycles. The Morgan fingerprint density at radius 2 is 1.89 bits per heavy atom. The lowest BCUT2D eigenvalue weighted by Gasteiger charge is -2.32. The van der Waals surface area contributed by atoms with Gasteiger partial charge in [0.1, 0.15) is 0 Å². The van der Waals surface area contributed by atoms with E-state index in [1.54, 1.807) is 0 Å². The van der Waals surface area contributed by atoms with Gasteiger partial charge < -0.3 is 10.6 Å². The van der Waals surface area contributed by atoms with Gasteiger partial charge in [0, 0.05) is 31.6 Å². The second-order valence-electron chi connectivity index (χ2n) is 7.09. The molecular formula is C21H31IN4S. The predicted molar refractivity (Wildman–Crippen MR) is 127 cm³/mol. The van der Waals surface area contributed by atoms with Gasteiger partial charge in [-0.05, 0) is 55.8 Å². The summed E-state index contributed by atoms with van der Waals surface area (Å²) in [5.41, 5.74) is 2.57. The number of aliphatic imine (C=N–C) groups is 1. The van der Waals surface area contributed by atoms with E-state index < -0.39 is 0 Å². The maximum Gasteiger partial charge on any atom is 0.191 e. The zero-order valence-corrected chi connectivity index (χ0v) is 19.4. The van der Waals surface area contributed by atoms with Crippen molar-refractivity contribution in [2.24, 2.45) is 10.9 Å². The number of rotatable bonds is 6. The van der Waals surface area contributed by atoms with Crippen LogP contribution in [0.1, 0.15) is 28.8 Å². The Morgan fingerprint density at radius 1 is 1.15 bits per heavy atom. The highest BCUT2D eigenvalue weighted by atomic mass is 127. The van der Waals surface area contributed by atoms with Gasteiger partial charge in [0.15, 0.2) is 5.96 Å². The first-order valence-electron chi connectivity index (χ1n) is 9.47. The molecule has 148 valence electrons. The Bertz CT molecular complexity index is 677. The lowest BCUT2D eigenvalue weighted by Crippen LogP contribution is -2.42. The molecular weight excluding hydrogens is 467 g/mol. The van der Waals surface area contributed by atoms with Crippen molar-refractivity contribution in [1.29, 1.82) is 0 Å². The minimum absolute atomic E-state index is 0. The molecule has 1 saturated heterocycles. The number of halogens is 1. The van der Waals surface area contributed by atoms with Gasteiger partial charge in [0.2, 0.25) is 0 Å². The molecule has 1 fully saturated rings. The predicted octanol–water partition coefficient (Wildman–Crippen LogP) is 4.25. The Morgan fingerprint density at radius 3 is 2.52 bits per heavy atom. The normalized spacial score (nSPS) is 16.0. The van der Waals surface area contributed by atoms with Crippen LogP contribution in [0.3, 0.4) is 0 Å². The van der Waals surface area contributed by atoms with Gasteiger partial charge in [-0.2, -0.15) is 0 Å². The Hall–Kier alpha value is -1.12. The summed E-state index contributed by atoms with van der Waals surface area (Å²) in [5, 5.41) is 9.08. The maximum absolute atomic E-state index is 4.36. The fraction of sp³-hybridized carbons (Fsp3) is 0.476. The smallest absolute Gasteiger partial charge is 0.191 e. The largest absolute Gasteiger partial charge is 0.356 e.